The molecule has 0 aliphatic rings. The Hall–Kier alpha value is -1.69. The summed E-state index contributed by atoms with van der Waals surface area (Å²) < 4.78 is 0. The molecule has 0 aliphatic carbocycles. The molecule has 0 spiro atoms. The van der Waals surface area contributed by atoms with E-state index in [0.29, 0.717) is 24.5 Å². The molecule has 0 aromatic carbocycles. The van der Waals surface area contributed by atoms with Crippen LogP contribution in [0.1, 0.15) is 18.9 Å². The number of aliphatic hydroxyl groups excluding tert-OH is 1. The van der Waals surface area contributed by atoms with Crippen molar-refractivity contribution in [2.24, 2.45) is 0 Å². The van der Waals surface area contributed by atoms with Crippen LogP contribution < -0.4 is 4.90 Å². The molecule has 1 heterocycles. The highest BCUT2D eigenvalue weighted by Crippen LogP contribution is 2.28. The fraction of sp³-hybridized carbons (Fsp3) is 0.545. The average molecular weight is 239 g/mol. The van der Waals surface area contributed by atoms with E-state index < -0.39 is 4.92 Å². The van der Waals surface area contributed by atoms with Crippen LogP contribution in [0, 0.1) is 17.0 Å². The number of anilines is 1. The summed E-state index contributed by atoms with van der Waals surface area (Å²) in [5.74, 6) is 0.339. The first-order chi connectivity index (χ1) is 8.11. The summed E-state index contributed by atoms with van der Waals surface area (Å²) in [5.41, 5.74) is 0.605. The second kappa shape index (κ2) is 6.15. The third-order valence-electron chi connectivity index (χ3n) is 2.45. The van der Waals surface area contributed by atoms with E-state index in [4.69, 9.17) is 5.11 Å². The highest BCUT2D eigenvalue weighted by Gasteiger charge is 2.22. The molecule has 1 rings (SSSR count). The van der Waals surface area contributed by atoms with E-state index in [-0.39, 0.29) is 12.3 Å². The number of pyridine rings is 1. The molecule has 0 unspecified atom stereocenters. The lowest BCUT2D eigenvalue weighted by atomic mass is 10.2. The monoisotopic (exact) mass is 239 g/mol. The summed E-state index contributed by atoms with van der Waals surface area (Å²) in [6, 6.07) is 1.62. The third-order valence-corrected chi connectivity index (χ3v) is 2.45. The van der Waals surface area contributed by atoms with Crippen LogP contribution in [0.25, 0.3) is 0 Å². The van der Waals surface area contributed by atoms with Crippen molar-refractivity contribution >= 4 is 11.5 Å². The van der Waals surface area contributed by atoms with Crippen LogP contribution in [0.2, 0.25) is 0 Å². The molecular weight excluding hydrogens is 222 g/mol. The van der Waals surface area contributed by atoms with Gasteiger partial charge in [-0.2, -0.15) is 0 Å². The van der Waals surface area contributed by atoms with Crippen molar-refractivity contribution < 1.29 is 10.0 Å². The van der Waals surface area contributed by atoms with Crippen LogP contribution in [0.4, 0.5) is 11.5 Å². The highest BCUT2D eigenvalue weighted by atomic mass is 16.6. The molecule has 1 N–H and O–H groups in total. The highest BCUT2D eigenvalue weighted by molar-refractivity contribution is 5.61. The zero-order chi connectivity index (χ0) is 12.8. The molecule has 0 radical (unpaired) electrons. The number of hydrogen-bond acceptors (Lipinski definition) is 5. The fourth-order valence-corrected chi connectivity index (χ4v) is 1.71. The number of aliphatic hydroxyl groups is 1. The number of hydrogen-bond donors (Lipinski definition) is 1. The Kier molecular flexibility index (Phi) is 4.84. The molecule has 0 atom stereocenters. The van der Waals surface area contributed by atoms with Crippen LogP contribution in [0.3, 0.4) is 0 Å². The van der Waals surface area contributed by atoms with Gasteiger partial charge in [0.05, 0.1) is 11.5 Å². The van der Waals surface area contributed by atoms with Gasteiger partial charge in [-0.1, -0.05) is 6.92 Å². The first kappa shape index (κ1) is 13.4. The zero-order valence-electron chi connectivity index (χ0n) is 10.1. The second-order valence-electron chi connectivity index (χ2n) is 3.77. The van der Waals surface area contributed by atoms with Crippen LogP contribution in [0.15, 0.2) is 12.3 Å². The summed E-state index contributed by atoms with van der Waals surface area (Å²) in [6.07, 6.45) is 2.39. The summed E-state index contributed by atoms with van der Waals surface area (Å²) in [5, 5.41) is 20.0. The van der Waals surface area contributed by atoms with Gasteiger partial charge >= 0.3 is 5.69 Å². The van der Waals surface area contributed by atoms with Gasteiger partial charge in [-0.25, -0.2) is 4.98 Å². The molecule has 1 aromatic rings. The molecule has 1 aromatic heterocycles. The van der Waals surface area contributed by atoms with Crippen LogP contribution in [-0.4, -0.2) is 34.7 Å². The molecule has 0 saturated heterocycles. The molecule has 0 fully saturated rings. The van der Waals surface area contributed by atoms with Crippen LogP contribution in [0.5, 0.6) is 0 Å². The molecule has 94 valence electrons. The van der Waals surface area contributed by atoms with Gasteiger partial charge in [0.15, 0.2) is 0 Å². The van der Waals surface area contributed by atoms with Crippen LogP contribution >= 0.6 is 0 Å². The predicted octanol–water partition coefficient (Wildman–Crippen LogP) is 1.51. The lowest BCUT2D eigenvalue weighted by molar-refractivity contribution is -0.384. The molecular formula is C11H17N3O3. The van der Waals surface area contributed by atoms with Gasteiger partial charge in [-0.05, 0) is 19.4 Å². The van der Waals surface area contributed by atoms with E-state index in [0.717, 1.165) is 6.42 Å². The normalized spacial score (nSPS) is 10.3. The van der Waals surface area contributed by atoms with Gasteiger partial charge in [0.1, 0.15) is 0 Å². The quantitative estimate of drug-likeness (QED) is 0.601. The molecule has 0 saturated carbocycles. The van der Waals surface area contributed by atoms with Gasteiger partial charge in [0.25, 0.3) is 0 Å². The topological polar surface area (TPSA) is 79.5 Å². The molecule has 17 heavy (non-hydrogen) atoms. The Bertz CT molecular complexity index is 390. The van der Waals surface area contributed by atoms with Crippen LogP contribution in [-0.2, 0) is 0 Å². The number of nitro groups is 1. The minimum absolute atomic E-state index is 0.0226. The summed E-state index contributed by atoms with van der Waals surface area (Å²) in [4.78, 5) is 16.4. The largest absolute Gasteiger partial charge is 0.395 e. The minimum atomic E-state index is -0.419. The van der Waals surface area contributed by atoms with Gasteiger partial charge in [-0.15, -0.1) is 0 Å². The summed E-state index contributed by atoms with van der Waals surface area (Å²) in [7, 11) is 0. The fourth-order valence-electron chi connectivity index (χ4n) is 1.71. The van der Waals surface area contributed by atoms with E-state index in [9.17, 15) is 10.1 Å². The average Bonchev–Trinajstić information content (AvgIpc) is 2.28. The van der Waals surface area contributed by atoms with E-state index in [2.05, 4.69) is 4.98 Å². The van der Waals surface area contributed by atoms with Gasteiger partial charge in [0, 0.05) is 24.8 Å². The van der Waals surface area contributed by atoms with Gasteiger partial charge in [0.2, 0.25) is 5.82 Å². The number of rotatable bonds is 6. The lowest BCUT2D eigenvalue weighted by Crippen LogP contribution is -2.29. The van der Waals surface area contributed by atoms with E-state index in [1.807, 2.05) is 6.92 Å². The first-order valence-electron chi connectivity index (χ1n) is 5.57. The van der Waals surface area contributed by atoms with Crippen molar-refractivity contribution in [1.29, 1.82) is 0 Å². The molecule has 0 bridgehead atoms. The van der Waals surface area contributed by atoms with Crippen molar-refractivity contribution in [2.75, 3.05) is 24.6 Å². The van der Waals surface area contributed by atoms with Crippen molar-refractivity contribution in [1.82, 2.24) is 4.98 Å². The Morgan fingerprint density at radius 2 is 2.24 bits per heavy atom. The van der Waals surface area contributed by atoms with E-state index in [1.54, 1.807) is 24.1 Å². The third kappa shape index (κ3) is 3.13. The number of aromatic nitrogens is 1. The standard InChI is InChI=1S/C11H17N3O3/c1-3-6-13(7-8-15)11-10(14(16)17)9(2)4-5-12-11/h4-5,15H,3,6-8H2,1-2H3. The van der Waals surface area contributed by atoms with E-state index in [1.165, 1.54) is 0 Å². The molecule has 6 nitrogen and oxygen atoms in total. The molecule has 0 amide bonds. The Morgan fingerprint density at radius 1 is 1.53 bits per heavy atom. The minimum Gasteiger partial charge on any atom is -0.395 e. The summed E-state index contributed by atoms with van der Waals surface area (Å²) in [6.45, 7) is 4.61. The number of nitrogens with zero attached hydrogens (tertiary/aromatic N) is 3. The Labute approximate surface area is 100 Å². The maximum Gasteiger partial charge on any atom is 0.314 e. The maximum absolute atomic E-state index is 11.0. The maximum atomic E-state index is 11.0. The van der Waals surface area contributed by atoms with Crippen molar-refractivity contribution in [3.8, 4) is 0 Å². The van der Waals surface area contributed by atoms with E-state index >= 15 is 0 Å². The second-order valence-corrected chi connectivity index (χ2v) is 3.77. The molecule has 0 aliphatic heterocycles. The Morgan fingerprint density at radius 3 is 2.76 bits per heavy atom. The predicted molar refractivity (Wildman–Crippen MR) is 65.2 cm³/mol. The van der Waals surface area contributed by atoms with Crippen molar-refractivity contribution in [2.45, 2.75) is 20.3 Å². The number of aryl methyl sites for hydroxylation is 1. The van der Waals surface area contributed by atoms with Gasteiger partial charge in [-0.3, -0.25) is 10.1 Å². The molecule has 6 heteroatoms. The van der Waals surface area contributed by atoms with Crippen molar-refractivity contribution in [3.05, 3.63) is 27.9 Å². The lowest BCUT2D eigenvalue weighted by Gasteiger charge is -2.22. The SMILES string of the molecule is CCCN(CCO)c1nccc(C)c1[N+](=O)[O-]. The zero-order valence-corrected chi connectivity index (χ0v) is 10.1. The Balaban J connectivity index is 3.17. The smallest absolute Gasteiger partial charge is 0.314 e. The van der Waals surface area contributed by atoms with Crippen molar-refractivity contribution in [3.63, 3.8) is 0 Å². The first-order valence-corrected chi connectivity index (χ1v) is 5.57. The summed E-state index contributed by atoms with van der Waals surface area (Å²) >= 11 is 0. The van der Waals surface area contributed by atoms with Gasteiger partial charge < -0.3 is 10.0 Å².